The van der Waals surface area contributed by atoms with E-state index in [1.807, 2.05) is 6.92 Å². The maximum Gasteiger partial charge on any atom is 0.326 e. The van der Waals surface area contributed by atoms with Crippen molar-refractivity contribution in [3.63, 3.8) is 0 Å². The first-order valence-electron chi connectivity index (χ1n) is 9.14. The van der Waals surface area contributed by atoms with Gasteiger partial charge in [-0.05, 0) is 12.8 Å². The fourth-order valence-electron chi connectivity index (χ4n) is 2.59. The summed E-state index contributed by atoms with van der Waals surface area (Å²) in [6.07, 6.45) is 14.0. The highest BCUT2D eigenvalue weighted by Gasteiger charge is 2.18. The van der Waals surface area contributed by atoms with Crippen LogP contribution in [0.1, 0.15) is 97.3 Å². The van der Waals surface area contributed by atoms with Gasteiger partial charge in [-0.15, -0.1) is 0 Å². The SMILES string of the molecule is CCCCCCCCCCCCC(NC(=O)CCC)C(=O)O. The normalized spacial score (nSPS) is 12.1. The monoisotopic (exact) mass is 313 g/mol. The highest BCUT2D eigenvalue weighted by atomic mass is 16.4. The van der Waals surface area contributed by atoms with Gasteiger partial charge in [-0.3, -0.25) is 4.79 Å². The lowest BCUT2D eigenvalue weighted by molar-refractivity contribution is -0.142. The van der Waals surface area contributed by atoms with E-state index in [0.29, 0.717) is 12.8 Å². The second kappa shape index (κ2) is 14.9. The van der Waals surface area contributed by atoms with Crippen molar-refractivity contribution in [1.29, 1.82) is 0 Å². The van der Waals surface area contributed by atoms with E-state index in [1.165, 1.54) is 51.4 Å². The topological polar surface area (TPSA) is 66.4 Å². The number of nitrogens with one attached hydrogen (secondary N) is 1. The van der Waals surface area contributed by atoms with Crippen LogP contribution in [-0.4, -0.2) is 23.0 Å². The van der Waals surface area contributed by atoms with E-state index in [0.717, 1.165) is 19.3 Å². The number of hydrogen-bond acceptors (Lipinski definition) is 2. The molecule has 0 aromatic carbocycles. The molecule has 0 aromatic rings. The van der Waals surface area contributed by atoms with Crippen LogP contribution in [0.3, 0.4) is 0 Å². The van der Waals surface area contributed by atoms with Gasteiger partial charge < -0.3 is 10.4 Å². The van der Waals surface area contributed by atoms with Gasteiger partial charge in [0.15, 0.2) is 0 Å². The molecule has 4 nitrogen and oxygen atoms in total. The summed E-state index contributed by atoms with van der Waals surface area (Å²) in [4.78, 5) is 22.6. The smallest absolute Gasteiger partial charge is 0.326 e. The lowest BCUT2D eigenvalue weighted by Crippen LogP contribution is -2.40. The van der Waals surface area contributed by atoms with Crippen LogP contribution >= 0.6 is 0 Å². The number of amides is 1. The molecule has 0 saturated heterocycles. The quantitative estimate of drug-likeness (QED) is 0.432. The van der Waals surface area contributed by atoms with Gasteiger partial charge in [0.2, 0.25) is 5.91 Å². The summed E-state index contributed by atoms with van der Waals surface area (Å²) in [6, 6.07) is -0.715. The van der Waals surface area contributed by atoms with Crippen LogP contribution in [0.25, 0.3) is 0 Å². The van der Waals surface area contributed by atoms with Gasteiger partial charge in [0, 0.05) is 6.42 Å². The molecule has 0 saturated carbocycles. The molecule has 0 rings (SSSR count). The number of carboxylic acids is 1. The van der Waals surface area contributed by atoms with Gasteiger partial charge in [0.05, 0.1) is 0 Å². The highest BCUT2D eigenvalue weighted by molar-refractivity contribution is 5.83. The molecule has 2 N–H and O–H groups in total. The fraction of sp³-hybridized carbons (Fsp3) is 0.889. The summed E-state index contributed by atoms with van der Waals surface area (Å²) in [6.45, 7) is 4.15. The molecule has 1 atom stereocenters. The minimum absolute atomic E-state index is 0.151. The summed E-state index contributed by atoms with van der Waals surface area (Å²) >= 11 is 0. The minimum Gasteiger partial charge on any atom is -0.480 e. The summed E-state index contributed by atoms with van der Waals surface area (Å²) in [7, 11) is 0. The third-order valence-corrected chi connectivity index (χ3v) is 3.96. The molecule has 0 aliphatic rings. The second-order valence-corrected chi connectivity index (χ2v) is 6.18. The molecule has 0 aromatic heterocycles. The molecular formula is C18H35NO3. The predicted molar refractivity (Wildman–Crippen MR) is 90.9 cm³/mol. The van der Waals surface area contributed by atoms with Gasteiger partial charge in [-0.25, -0.2) is 4.79 Å². The first-order valence-corrected chi connectivity index (χ1v) is 9.14. The number of unbranched alkanes of at least 4 members (excludes halogenated alkanes) is 9. The average molecular weight is 313 g/mol. The zero-order valence-corrected chi connectivity index (χ0v) is 14.5. The van der Waals surface area contributed by atoms with E-state index in [-0.39, 0.29) is 5.91 Å². The molecule has 0 fully saturated rings. The van der Waals surface area contributed by atoms with Crippen molar-refractivity contribution in [2.24, 2.45) is 0 Å². The van der Waals surface area contributed by atoms with Crippen molar-refractivity contribution < 1.29 is 14.7 Å². The molecule has 4 heteroatoms. The first kappa shape index (κ1) is 20.9. The maximum absolute atomic E-state index is 11.5. The van der Waals surface area contributed by atoms with Gasteiger partial charge in [0.25, 0.3) is 0 Å². The van der Waals surface area contributed by atoms with Gasteiger partial charge in [0.1, 0.15) is 6.04 Å². The molecule has 22 heavy (non-hydrogen) atoms. The third-order valence-electron chi connectivity index (χ3n) is 3.96. The molecule has 1 unspecified atom stereocenters. The number of carboxylic acid groups (broad SMARTS) is 1. The van der Waals surface area contributed by atoms with E-state index in [2.05, 4.69) is 12.2 Å². The summed E-state index contributed by atoms with van der Waals surface area (Å²) in [5.41, 5.74) is 0. The standard InChI is InChI=1S/C18H35NO3/c1-3-5-6-7-8-9-10-11-12-13-15-16(18(21)22)19-17(20)14-4-2/h16H,3-15H2,1-2H3,(H,19,20)(H,21,22). The van der Waals surface area contributed by atoms with E-state index in [9.17, 15) is 9.59 Å². The molecule has 0 spiro atoms. The van der Waals surface area contributed by atoms with Gasteiger partial charge in [-0.1, -0.05) is 78.1 Å². The highest BCUT2D eigenvalue weighted by Crippen LogP contribution is 2.12. The van der Waals surface area contributed by atoms with Crippen molar-refractivity contribution in [3.8, 4) is 0 Å². The Bertz CT molecular complexity index is 292. The van der Waals surface area contributed by atoms with Gasteiger partial charge in [-0.2, -0.15) is 0 Å². The Morgan fingerprint density at radius 1 is 0.818 bits per heavy atom. The minimum atomic E-state index is -0.916. The van der Waals surface area contributed by atoms with Crippen molar-refractivity contribution in [2.75, 3.05) is 0 Å². The van der Waals surface area contributed by atoms with Crippen molar-refractivity contribution in [2.45, 2.75) is 103 Å². The predicted octanol–water partition coefficient (Wildman–Crippen LogP) is 4.67. The van der Waals surface area contributed by atoms with Crippen LogP contribution in [0, 0.1) is 0 Å². The molecule has 0 aliphatic carbocycles. The molecule has 0 bridgehead atoms. The number of carbonyl (C=O) groups is 2. The Balaban J connectivity index is 3.56. The van der Waals surface area contributed by atoms with Crippen LogP contribution in [0.2, 0.25) is 0 Å². The Morgan fingerprint density at radius 3 is 1.77 bits per heavy atom. The van der Waals surface area contributed by atoms with Crippen molar-refractivity contribution in [1.82, 2.24) is 5.32 Å². The largest absolute Gasteiger partial charge is 0.480 e. The lowest BCUT2D eigenvalue weighted by atomic mass is 10.0. The third kappa shape index (κ3) is 12.7. The van der Waals surface area contributed by atoms with Crippen LogP contribution in [0.4, 0.5) is 0 Å². The number of rotatable bonds is 15. The lowest BCUT2D eigenvalue weighted by Gasteiger charge is -2.14. The van der Waals surface area contributed by atoms with E-state index in [1.54, 1.807) is 0 Å². The van der Waals surface area contributed by atoms with Crippen LogP contribution in [0.5, 0.6) is 0 Å². The van der Waals surface area contributed by atoms with Crippen LogP contribution in [-0.2, 0) is 9.59 Å². The molecular weight excluding hydrogens is 278 g/mol. The Morgan fingerprint density at radius 2 is 1.32 bits per heavy atom. The number of aliphatic carboxylic acids is 1. The van der Waals surface area contributed by atoms with Crippen LogP contribution in [0.15, 0.2) is 0 Å². The average Bonchev–Trinajstić information content (AvgIpc) is 2.48. The Kier molecular flexibility index (Phi) is 14.1. The molecule has 0 radical (unpaired) electrons. The molecule has 0 heterocycles. The number of hydrogen-bond donors (Lipinski definition) is 2. The van der Waals surface area contributed by atoms with E-state index < -0.39 is 12.0 Å². The zero-order chi connectivity index (χ0) is 16.6. The number of carbonyl (C=O) groups excluding carboxylic acids is 1. The maximum atomic E-state index is 11.5. The molecule has 130 valence electrons. The molecule has 1 amide bonds. The first-order chi connectivity index (χ1) is 10.6. The van der Waals surface area contributed by atoms with Gasteiger partial charge >= 0.3 is 5.97 Å². The molecule has 0 aliphatic heterocycles. The summed E-state index contributed by atoms with van der Waals surface area (Å²) < 4.78 is 0. The Labute approximate surface area is 136 Å². The second-order valence-electron chi connectivity index (χ2n) is 6.18. The van der Waals surface area contributed by atoms with E-state index in [4.69, 9.17) is 5.11 Å². The van der Waals surface area contributed by atoms with Crippen molar-refractivity contribution >= 4 is 11.9 Å². The van der Waals surface area contributed by atoms with Crippen LogP contribution < -0.4 is 5.32 Å². The summed E-state index contributed by atoms with van der Waals surface area (Å²) in [5.74, 6) is -1.07. The Hall–Kier alpha value is -1.06. The summed E-state index contributed by atoms with van der Waals surface area (Å²) in [5, 5.41) is 11.7. The van der Waals surface area contributed by atoms with E-state index >= 15 is 0 Å². The zero-order valence-electron chi connectivity index (χ0n) is 14.5. The van der Waals surface area contributed by atoms with Crippen molar-refractivity contribution in [3.05, 3.63) is 0 Å². The fourth-order valence-corrected chi connectivity index (χ4v) is 2.59.